The Morgan fingerprint density at radius 2 is 1.60 bits per heavy atom. The minimum atomic E-state index is -3.65. The lowest BCUT2D eigenvalue weighted by atomic mass is 10.1. The largest absolute Gasteiger partial charge is 0.494 e. The molecule has 0 radical (unpaired) electrons. The second-order valence-corrected chi connectivity index (χ2v) is 8.61. The number of nitrogens with zero attached hydrogens (tertiary/aromatic N) is 2. The van der Waals surface area contributed by atoms with Crippen LogP contribution in [0.3, 0.4) is 0 Å². The molecule has 8 nitrogen and oxygen atoms in total. The van der Waals surface area contributed by atoms with E-state index >= 15 is 0 Å². The maximum atomic E-state index is 12.9. The summed E-state index contributed by atoms with van der Waals surface area (Å²) in [6, 6.07) is 12.6. The fraction of sp³-hybridized carbons (Fsp3) is 0.333. The van der Waals surface area contributed by atoms with Gasteiger partial charge in [-0.1, -0.05) is 6.07 Å². The molecule has 0 spiro atoms. The number of carbonyl (C=O) groups is 2. The van der Waals surface area contributed by atoms with Crippen molar-refractivity contribution in [3.8, 4) is 5.75 Å². The monoisotopic (exact) mass is 432 g/mol. The van der Waals surface area contributed by atoms with E-state index in [9.17, 15) is 18.0 Å². The van der Waals surface area contributed by atoms with Crippen molar-refractivity contribution in [2.24, 2.45) is 0 Å². The van der Waals surface area contributed by atoms with Crippen molar-refractivity contribution in [3.05, 3.63) is 59.7 Å². The van der Waals surface area contributed by atoms with E-state index in [0.717, 1.165) is 0 Å². The number of hydrogen-bond donors (Lipinski definition) is 0. The molecule has 2 aromatic carbocycles. The van der Waals surface area contributed by atoms with Crippen LogP contribution in [0.25, 0.3) is 0 Å². The molecule has 30 heavy (non-hydrogen) atoms. The molecule has 0 aliphatic carbocycles. The first-order chi connectivity index (χ1) is 14.4. The van der Waals surface area contributed by atoms with E-state index in [1.807, 2.05) is 6.92 Å². The van der Waals surface area contributed by atoms with Gasteiger partial charge in [-0.3, -0.25) is 4.79 Å². The summed E-state index contributed by atoms with van der Waals surface area (Å²) in [6.45, 7) is 3.27. The van der Waals surface area contributed by atoms with Crippen LogP contribution in [0.15, 0.2) is 53.4 Å². The summed E-state index contributed by atoms with van der Waals surface area (Å²) in [4.78, 5) is 26.2. The maximum absolute atomic E-state index is 12.9. The van der Waals surface area contributed by atoms with Gasteiger partial charge in [-0.05, 0) is 49.4 Å². The van der Waals surface area contributed by atoms with E-state index in [1.165, 1.54) is 29.6 Å². The first-order valence-electron chi connectivity index (χ1n) is 9.57. The molecule has 0 unspecified atom stereocenters. The number of rotatable bonds is 6. The first kappa shape index (κ1) is 21.8. The van der Waals surface area contributed by atoms with Crippen LogP contribution in [0.2, 0.25) is 0 Å². The van der Waals surface area contributed by atoms with E-state index in [2.05, 4.69) is 4.74 Å². The van der Waals surface area contributed by atoms with Crippen molar-refractivity contribution < 1.29 is 27.5 Å². The highest BCUT2D eigenvalue weighted by Gasteiger charge is 2.30. The Balaban J connectivity index is 1.66. The number of sulfonamides is 1. The van der Waals surface area contributed by atoms with Gasteiger partial charge in [0.1, 0.15) is 5.75 Å². The van der Waals surface area contributed by atoms with Crippen molar-refractivity contribution in [2.45, 2.75) is 11.8 Å². The third kappa shape index (κ3) is 4.63. The van der Waals surface area contributed by atoms with E-state index in [-0.39, 0.29) is 37.0 Å². The fourth-order valence-corrected chi connectivity index (χ4v) is 4.66. The summed E-state index contributed by atoms with van der Waals surface area (Å²) >= 11 is 0. The van der Waals surface area contributed by atoms with Crippen LogP contribution in [0.1, 0.15) is 27.6 Å². The molecular formula is C21H24N2O6S. The molecule has 1 amide bonds. The van der Waals surface area contributed by atoms with Gasteiger partial charge in [0.25, 0.3) is 5.91 Å². The van der Waals surface area contributed by atoms with Crippen LogP contribution >= 0.6 is 0 Å². The Kier molecular flexibility index (Phi) is 6.73. The number of benzene rings is 2. The van der Waals surface area contributed by atoms with Crippen LogP contribution in [0.4, 0.5) is 0 Å². The smallest absolute Gasteiger partial charge is 0.337 e. The van der Waals surface area contributed by atoms with Crippen LogP contribution in [-0.2, 0) is 14.8 Å². The number of carbonyl (C=O) groups excluding carboxylic acids is 2. The zero-order valence-corrected chi connectivity index (χ0v) is 17.7. The maximum Gasteiger partial charge on any atom is 0.337 e. The summed E-state index contributed by atoms with van der Waals surface area (Å²) < 4.78 is 37.2. The van der Waals surface area contributed by atoms with Crippen molar-refractivity contribution in [2.75, 3.05) is 39.9 Å². The predicted octanol–water partition coefficient (Wildman–Crippen LogP) is 2.02. The lowest BCUT2D eigenvalue weighted by Gasteiger charge is -2.34. The summed E-state index contributed by atoms with van der Waals surface area (Å²) in [5.41, 5.74) is 0.654. The molecule has 0 aromatic heterocycles. The average molecular weight is 432 g/mol. The minimum absolute atomic E-state index is 0.191. The molecule has 1 aliphatic rings. The molecule has 0 bridgehead atoms. The van der Waals surface area contributed by atoms with Crippen LogP contribution in [0, 0.1) is 0 Å². The molecule has 3 rings (SSSR count). The van der Waals surface area contributed by atoms with Gasteiger partial charge in [0, 0.05) is 31.7 Å². The summed E-state index contributed by atoms with van der Waals surface area (Å²) in [6.07, 6.45) is 0. The van der Waals surface area contributed by atoms with Gasteiger partial charge in [-0.2, -0.15) is 4.31 Å². The van der Waals surface area contributed by atoms with E-state index < -0.39 is 16.0 Å². The van der Waals surface area contributed by atoms with Crippen molar-refractivity contribution in [1.29, 1.82) is 0 Å². The molecular weight excluding hydrogens is 408 g/mol. The third-order valence-corrected chi connectivity index (χ3v) is 6.74. The van der Waals surface area contributed by atoms with Crippen molar-refractivity contribution in [3.63, 3.8) is 0 Å². The molecule has 0 N–H and O–H groups in total. The van der Waals surface area contributed by atoms with Gasteiger partial charge >= 0.3 is 5.97 Å². The molecule has 0 atom stereocenters. The Bertz CT molecular complexity index is 1010. The van der Waals surface area contributed by atoms with E-state index in [1.54, 1.807) is 35.2 Å². The van der Waals surface area contributed by atoms with Crippen LogP contribution < -0.4 is 4.74 Å². The lowest BCUT2D eigenvalue weighted by Crippen LogP contribution is -2.50. The summed E-state index contributed by atoms with van der Waals surface area (Å²) in [7, 11) is -2.37. The quantitative estimate of drug-likeness (QED) is 0.649. The van der Waals surface area contributed by atoms with Gasteiger partial charge in [0.15, 0.2) is 0 Å². The molecule has 0 saturated carbocycles. The zero-order chi connectivity index (χ0) is 21.7. The highest BCUT2D eigenvalue weighted by molar-refractivity contribution is 7.89. The number of piperazine rings is 1. The Morgan fingerprint density at radius 1 is 0.967 bits per heavy atom. The average Bonchev–Trinajstić information content (AvgIpc) is 2.79. The molecule has 9 heteroatoms. The molecule has 1 heterocycles. The van der Waals surface area contributed by atoms with Crippen LogP contribution in [0.5, 0.6) is 5.75 Å². The van der Waals surface area contributed by atoms with E-state index in [4.69, 9.17) is 4.74 Å². The zero-order valence-electron chi connectivity index (χ0n) is 16.9. The van der Waals surface area contributed by atoms with E-state index in [0.29, 0.717) is 23.5 Å². The minimum Gasteiger partial charge on any atom is -0.494 e. The standard InChI is InChI=1S/C21H24N2O6S/c1-3-29-18-7-9-19(10-8-18)30(26,27)23-13-11-22(12-14-23)20(24)16-5-4-6-17(15-16)21(25)28-2/h4-10,15H,3,11-14H2,1-2H3. The lowest BCUT2D eigenvalue weighted by molar-refractivity contribution is 0.0600. The summed E-state index contributed by atoms with van der Waals surface area (Å²) in [5, 5.41) is 0. The normalized spacial score (nSPS) is 14.9. The van der Waals surface area contributed by atoms with Crippen LogP contribution in [-0.4, -0.2) is 69.4 Å². The first-order valence-corrected chi connectivity index (χ1v) is 11.0. The second-order valence-electron chi connectivity index (χ2n) is 6.67. The number of amides is 1. The van der Waals surface area contributed by atoms with Gasteiger partial charge in [0.05, 0.1) is 24.2 Å². The third-order valence-electron chi connectivity index (χ3n) is 4.83. The highest BCUT2D eigenvalue weighted by atomic mass is 32.2. The molecule has 160 valence electrons. The second kappa shape index (κ2) is 9.27. The highest BCUT2D eigenvalue weighted by Crippen LogP contribution is 2.21. The van der Waals surface area contributed by atoms with Gasteiger partial charge in [-0.25, -0.2) is 13.2 Å². The molecule has 1 aliphatic heterocycles. The Hall–Kier alpha value is -2.91. The van der Waals surface area contributed by atoms with Crippen molar-refractivity contribution >= 4 is 21.9 Å². The summed E-state index contributed by atoms with van der Waals surface area (Å²) in [5.74, 6) is -0.157. The van der Waals surface area contributed by atoms with Gasteiger partial charge < -0.3 is 14.4 Å². The topological polar surface area (TPSA) is 93.2 Å². The fourth-order valence-electron chi connectivity index (χ4n) is 3.23. The molecule has 1 saturated heterocycles. The number of hydrogen-bond acceptors (Lipinski definition) is 6. The number of esters is 1. The van der Waals surface area contributed by atoms with Gasteiger partial charge in [0.2, 0.25) is 10.0 Å². The Labute approximate surface area is 176 Å². The SMILES string of the molecule is CCOc1ccc(S(=O)(=O)N2CCN(C(=O)c3cccc(C(=O)OC)c3)CC2)cc1. The molecule has 1 fully saturated rings. The van der Waals surface area contributed by atoms with Gasteiger partial charge in [-0.15, -0.1) is 0 Å². The van der Waals surface area contributed by atoms with Crippen molar-refractivity contribution in [1.82, 2.24) is 9.21 Å². The number of methoxy groups -OCH3 is 1. The predicted molar refractivity (Wildman–Crippen MR) is 110 cm³/mol. The molecule has 2 aromatic rings. The number of ether oxygens (including phenoxy) is 2. The Morgan fingerprint density at radius 3 is 2.20 bits per heavy atom.